The van der Waals surface area contributed by atoms with Crippen molar-refractivity contribution in [1.82, 2.24) is 30.5 Å². The van der Waals surface area contributed by atoms with E-state index < -0.39 is 69.1 Å². The third-order valence-electron chi connectivity index (χ3n) is 11.1. The van der Waals surface area contributed by atoms with Crippen molar-refractivity contribution < 1.29 is 32.4 Å². The quantitative estimate of drug-likeness (QED) is 0.158. The fourth-order valence-corrected chi connectivity index (χ4v) is 8.12. The summed E-state index contributed by atoms with van der Waals surface area (Å²) in [5.74, 6) is -2.90. The molecule has 0 radical (unpaired) electrons. The van der Waals surface area contributed by atoms with Crippen molar-refractivity contribution in [2.45, 2.75) is 91.4 Å². The Kier molecular flexibility index (Phi) is 12.1. The van der Waals surface area contributed by atoms with Gasteiger partial charge in [0.2, 0.25) is 27.6 Å². The van der Waals surface area contributed by atoms with Crippen LogP contribution in [0.1, 0.15) is 65.5 Å². The second-order valence-corrected chi connectivity index (χ2v) is 18.2. The van der Waals surface area contributed by atoms with Gasteiger partial charge in [0.25, 0.3) is 5.91 Å². The first-order valence-corrected chi connectivity index (χ1v) is 19.7. The zero-order valence-electron chi connectivity index (χ0n) is 31.2. The van der Waals surface area contributed by atoms with Crippen molar-refractivity contribution in [2.75, 3.05) is 32.9 Å². The van der Waals surface area contributed by atoms with Gasteiger partial charge in [0.05, 0.1) is 12.3 Å². The smallest absolute Gasteiger partial charge is 0.315 e. The second-order valence-electron chi connectivity index (χ2n) is 16.1. The minimum absolute atomic E-state index is 0.0271. The molecule has 14 heteroatoms. The van der Waals surface area contributed by atoms with Gasteiger partial charge < -0.3 is 26.2 Å². The molecule has 1 aliphatic heterocycles. The van der Waals surface area contributed by atoms with Crippen LogP contribution in [0.5, 0.6) is 0 Å². The number of hydrogen-bond acceptors (Lipinski definition) is 7. The third-order valence-corrected chi connectivity index (χ3v) is 12.3. The number of carbonyl (C=O) groups excluding carboxylic acids is 5. The molecule has 1 unspecified atom stereocenters. The molecule has 3 aliphatic rings. The Balaban J connectivity index is 1.61. The van der Waals surface area contributed by atoms with Crippen LogP contribution in [0.25, 0.3) is 0 Å². The van der Waals surface area contributed by atoms with E-state index in [1.807, 2.05) is 52.0 Å². The van der Waals surface area contributed by atoms with Crippen molar-refractivity contribution in [1.29, 1.82) is 0 Å². The number of amides is 5. The first-order valence-electron chi connectivity index (χ1n) is 17.8. The maximum Gasteiger partial charge on any atom is 0.315 e. The Morgan fingerprint density at radius 2 is 1.67 bits per heavy atom. The molecule has 0 bridgehead atoms. The fraction of sp³-hybridized carbons (Fsp3) is 0.649. The lowest BCUT2D eigenvalue weighted by Gasteiger charge is -2.37. The zero-order valence-corrected chi connectivity index (χ0v) is 32.1. The third kappa shape index (κ3) is 9.00. The lowest BCUT2D eigenvalue weighted by Crippen LogP contribution is -2.61. The van der Waals surface area contributed by atoms with Crippen molar-refractivity contribution in [3.8, 4) is 0 Å². The normalized spacial score (nSPS) is 22.6. The Morgan fingerprint density at radius 3 is 2.20 bits per heavy atom. The molecule has 1 aromatic carbocycles. The molecule has 51 heavy (non-hydrogen) atoms. The molecular formula is C37H56N6O7S. The number of sulfonamides is 1. The Morgan fingerprint density at radius 1 is 1.06 bits per heavy atom. The molecule has 6 atom stereocenters. The molecule has 1 saturated carbocycles. The van der Waals surface area contributed by atoms with Gasteiger partial charge >= 0.3 is 6.03 Å². The van der Waals surface area contributed by atoms with Gasteiger partial charge in [-0.2, -0.15) is 0 Å². The largest absolute Gasteiger partial charge is 0.346 e. The number of likely N-dealkylation sites (N-methyl/N-ethyl adjacent to an activating group) is 1. The number of piperidine rings is 1. The van der Waals surface area contributed by atoms with Crippen LogP contribution >= 0.6 is 0 Å². The van der Waals surface area contributed by atoms with E-state index in [1.54, 1.807) is 4.90 Å². The average Bonchev–Trinajstić information content (AvgIpc) is 3.41. The molecule has 1 heterocycles. The number of fused-ring (bicyclic) bond motifs is 2. The highest BCUT2D eigenvalue weighted by atomic mass is 32.2. The van der Waals surface area contributed by atoms with Gasteiger partial charge in [-0.3, -0.25) is 19.2 Å². The highest BCUT2D eigenvalue weighted by molar-refractivity contribution is 7.88. The number of ketones is 1. The number of carbonyl (C=O) groups is 5. The van der Waals surface area contributed by atoms with E-state index in [0.29, 0.717) is 25.8 Å². The highest BCUT2D eigenvalue weighted by Crippen LogP contribution is 2.65. The van der Waals surface area contributed by atoms with Gasteiger partial charge in [-0.15, -0.1) is 6.58 Å². The first-order chi connectivity index (χ1) is 23.7. The van der Waals surface area contributed by atoms with E-state index in [2.05, 4.69) is 41.7 Å². The predicted octanol–water partition coefficient (Wildman–Crippen LogP) is 2.01. The predicted molar refractivity (Wildman–Crippen MR) is 195 cm³/mol. The standard InChI is InChI=1S/C37H56N6O7S/c1-10-14-26(31(44)33(46)38-17-11-2)39-32(45)30-28-25(37(28,6)7)20-43(30)34(47)29(24-18-22-15-12-13-16-23(22)19-24)41-35(48)40-27(36(3,4)5)21-42(8)51(9,49)50/h11-13,15-16,24-30H,2,10,14,17-21H2,1,3-9H3,(H,38,46)(H,39,45)(H2,40,41,48)/t25-,26?,27+,28-,29-,30-/m0/s1. The molecule has 13 nitrogen and oxygen atoms in total. The SMILES string of the molecule is C=CCNC(=O)C(=O)C(CCC)NC(=O)[C@@H]1[C@@H]2[C@H](CN1C(=O)[C@@H](NC(=O)N[C@H](CN(C)S(C)(=O)=O)C(C)(C)C)C1Cc3ccccc3C1)C2(C)C. The van der Waals surface area contributed by atoms with Crippen LogP contribution in [-0.2, 0) is 42.0 Å². The summed E-state index contributed by atoms with van der Waals surface area (Å²) in [6.45, 7) is 15.6. The molecule has 2 fully saturated rings. The molecule has 1 saturated heterocycles. The molecule has 5 amide bonds. The van der Waals surface area contributed by atoms with E-state index in [-0.39, 0.29) is 42.7 Å². The number of benzene rings is 1. The van der Waals surface area contributed by atoms with Gasteiger partial charge in [-0.1, -0.05) is 78.3 Å². The van der Waals surface area contributed by atoms with E-state index >= 15 is 0 Å². The summed E-state index contributed by atoms with van der Waals surface area (Å²) < 4.78 is 25.6. The number of rotatable bonds is 15. The summed E-state index contributed by atoms with van der Waals surface area (Å²) in [5, 5.41) is 11.2. The Bertz CT molecular complexity index is 1610. The van der Waals surface area contributed by atoms with Crippen LogP contribution in [0.4, 0.5) is 4.79 Å². The summed E-state index contributed by atoms with van der Waals surface area (Å²) in [7, 11) is -2.07. The Hall–Kier alpha value is -3.78. The Labute approximate surface area is 302 Å². The summed E-state index contributed by atoms with van der Waals surface area (Å²) in [6, 6.07) is 3.72. The summed E-state index contributed by atoms with van der Waals surface area (Å²) >= 11 is 0. The van der Waals surface area contributed by atoms with E-state index in [4.69, 9.17) is 0 Å². The van der Waals surface area contributed by atoms with Gasteiger partial charge in [-0.05, 0) is 59.0 Å². The monoisotopic (exact) mass is 728 g/mol. The minimum Gasteiger partial charge on any atom is -0.346 e. The van der Waals surface area contributed by atoms with Gasteiger partial charge in [-0.25, -0.2) is 17.5 Å². The van der Waals surface area contributed by atoms with Gasteiger partial charge in [0, 0.05) is 32.7 Å². The number of nitrogens with zero attached hydrogens (tertiary/aromatic N) is 2. The minimum atomic E-state index is -3.52. The molecule has 282 valence electrons. The summed E-state index contributed by atoms with van der Waals surface area (Å²) in [4.78, 5) is 69.9. The van der Waals surface area contributed by atoms with Gasteiger partial charge in [0.15, 0.2) is 0 Å². The second kappa shape index (κ2) is 15.4. The first kappa shape index (κ1) is 40.0. The van der Waals surface area contributed by atoms with Crippen LogP contribution in [0.15, 0.2) is 36.9 Å². The lowest BCUT2D eigenvalue weighted by molar-refractivity contribution is -0.144. The molecular weight excluding hydrogens is 673 g/mol. The van der Waals surface area contributed by atoms with Crippen molar-refractivity contribution in [3.05, 3.63) is 48.0 Å². The van der Waals surface area contributed by atoms with Crippen molar-refractivity contribution in [3.63, 3.8) is 0 Å². The molecule has 4 N–H and O–H groups in total. The summed E-state index contributed by atoms with van der Waals surface area (Å²) in [6.07, 6.45) is 4.44. The van der Waals surface area contributed by atoms with Crippen molar-refractivity contribution >= 4 is 39.6 Å². The molecule has 4 rings (SSSR count). The maximum atomic E-state index is 14.8. The van der Waals surface area contributed by atoms with Crippen LogP contribution in [0.3, 0.4) is 0 Å². The van der Waals surface area contributed by atoms with Crippen LogP contribution in [0.2, 0.25) is 0 Å². The van der Waals surface area contributed by atoms with Crippen LogP contribution in [0, 0.1) is 28.6 Å². The van der Waals surface area contributed by atoms with Gasteiger partial charge in [0.1, 0.15) is 12.1 Å². The summed E-state index contributed by atoms with van der Waals surface area (Å²) in [5.41, 5.74) is 1.42. The molecule has 1 aromatic rings. The van der Waals surface area contributed by atoms with E-state index in [9.17, 15) is 32.4 Å². The topological polar surface area (TPSA) is 174 Å². The molecule has 0 aromatic heterocycles. The number of urea groups is 1. The number of hydrogen-bond donors (Lipinski definition) is 4. The highest BCUT2D eigenvalue weighted by Gasteiger charge is 2.69. The van der Waals surface area contributed by atoms with E-state index in [0.717, 1.165) is 17.4 Å². The fourth-order valence-electron chi connectivity index (χ4n) is 7.70. The van der Waals surface area contributed by atoms with E-state index in [1.165, 1.54) is 17.4 Å². The maximum absolute atomic E-state index is 14.8. The van der Waals surface area contributed by atoms with Crippen LogP contribution < -0.4 is 21.3 Å². The number of likely N-dealkylation sites (tertiary alicyclic amines) is 1. The zero-order chi connectivity index (χ0) is 38.1. The molecule has 2 aliphatic carbocycles. The number of Topliss-reactive ketones (excluding diaryl/α,β-unsaturated/α-hetero) is 1. The average molecular weight is 729 g/mol. The number of nitrogens with one attached hydrogen (secondary N) is 4. The lowest BCUT2D eigenvalue weighted by atomic mass is 9.86. The van der Waals surface area contributed by atoms with Crippen molar-refractivity contribution in [2.24, 2.45) is 28.6 Å². The molecule has 0 spiro atoms. The van der Waals surface area contributed by atoms with Crippen LogP contribution in [-0.4, -0.2) is 104 Å².